The van der Waals surface area contributed by atoms with Crippen molar-refractivity contribution in [1.82, 2.24) is 14.4 Å². The first-order valence-corrected chi connectivity index (χ1v) is 9.05. The third-order valence-electron chi connectivity index (χ3n) is 4.44. The molecule has 1 aromatic heterocycles. The molecule has 0 spiro atoms. The van der Waals surface area contributed by atoms with E-state index >= 15 is 0 Å². The molecule has 8 nitrogen and oxygen atoms in total. The van der Waals surface area contributed by atoms with Gasteiger partial charge in [-0.1, -0.05) is 0 Å². The lowest BCUT2D eigenvalue weighted by Gasteiger charge is -2.33. The van der Waals surface area contributed by atoms with Crippen molar-refractivity contribution in [2.45, 2.75) is 23.9 Å². The SMILES string of the molecule is COc1ccc(S(=O)(=O)N2Cc3ccn(C)c3C[C@@H]2C(=O)NO)cc1. The summed E-state index contributed by atoms with van der Waals surface area (Å²) >= 11 is 0. The Balaban J connectivity index is 2.03. The summed E-state index contributed by atoms with van der Waals surface area (Å²) in [6.07, 6.45) is 2.00. The molecule has 2 N–H and O–H groups in total. The maximum Gasteiger partial charge on any atom is 0.262 e. The largest absolute Gasteiger partial charge is 0.497 e. The molecule has 0 saturated carbocycles. The van der Waals surface area contributed by atoms with Crippen molar-refractivity contribution < 1.29 is 23.2 Å². The molecule has 1 aromatic carbocycles. The number of nitrogens with zero attached hydrogens (tertiary/aromatic N) is 2. The van der Waals surface area contributed by atoms with Crippen LogP contribution in [0.3, 0.4) is 0 Å². The third kappa shape index (κ3) is 3.01. The summed E-state index contributed by atoms with van der Waals surface area (Å²) in [6.45, 7) is 0.0582. The predicted molar refractivity (Wildman–Crippen MR) is 88.6 cm³/mol. The van der Waals surface area contributed by atoms with Gasteiger partial charge in [0.25, 0.3) is 5.91 Å². The zero-order valence-electron chi connectivity index (χ0n) is 13.8. The third-order valence-corrected chi connectivity index (χ3v) is 6.30. The van der Waals surface area contributed by atoms with Gasteiger partial charge >= 0.3 is 0 Å². The summed E-state index contributed by atoms with van der Waals surface area (Å²) in [5, 5.41) is 9.03. The van der Waals surface area contributed by atoms with Crippen molar-refractivity contribution in [3.05, 3.63) is 47.8 Å². The number of amides is 1. The van der Waals surface area contributed by atoms with E-state index < -0.39 is 22.0 Å². The molecule has 9 heteroatoms. The number of ether oxygens (including phenoxy) is 1. The van der Waals surface area contributed by atoms with Crippen LogP contribution in [-0.2, 0) is 34.8 Å². The minimum absolute atomic E-state index is 0.0582. The molecule has 25 heavy (non-hydrogen) atoms. The Bertz CT molecular complexity index is 889. The standard InChI is InChI=1S/C16H19N3O5S/c1-18-8-7-11-10-19(15(9-14(11)18)16(20)17-21)25(22,23)13-5-3-12(24-2)4-6-13/h3-8,15,21H,9-10H2,1-2H3,(H,17,20)/t15-/m1/s1. The first-order chi connectivity index (χ1) is 11.9. The van der Waals surface area contributed by atoms with E-state index in [1.165, 1.54) is 19.2 Å². The van der Waals surface area contributed by atoms with Crippen LogP contribution in [0.15, 0.2) is 41.4 Å². The number of nitrogens with one attached hydrogen (secondary N) is 1. The van der Waals surface area contributed by atoms with Crippen LogP contribution in [0.25, 0.3) is 0 Å². The van der Waals surface area contributed by atoms with E-state index in [0.717, 1.165) is 15.6 Å². The molecule has 1 amide bonds. The van der Waals surface area contributed by atoms with Gasteiger partial charge in [0.05, 0.1) is 12.0 Å². The van der Waals surface area contributed by atoms with Crippen molar-refractivity contribution in [2.24, 2.45) is 7.05 Å². The highest BCUT2D eigenvalue weighted by atomic mass is 32.2. The van der Waals surface area contributed by atoms with Gasteiger partial charge in [-0.15, -0.1) is 0 Å². The topological polar surface area (TPSA) is 101 Å². The van der Waals surface area contributed by atoms with E-state index in [4.69, 9.17) is 9.94 Å². The molecular formula is C16H19N3O5S. The molecule has 2 heterocycles. The number of carbonyl (C=O) groups excluding carboxylic acids is 1. The highest BCUT2D eigenvalue weighted by Crippen LogP contribution is 2.30. The molecule has 1 aliphatic rings. The summed E-state index contributed by atoms with van der Waals surface area (Å²) in [7, 11) is -0.602. The Kier molecular flexibility index (Phi) is 4.55. The van der Waals surface area contributed by atoms with E-state index in [2.05, 4.69) is 0 Å². The number of methoxy groups -OCH3 is 1. The lowest BCUT2D eigenvalue weighted by Crippen LogP contribution is -2.52. The first kappa shape index (κ1) is 17.5. The van der Waals surface area contributed by atoms with Crippen molar-refractivity contribution in [2.75, 3.05) is 7.11 Å². The number of hydrogen-bond donors (Lipinski definition) is 2. The van der Waals surface area contributed by atoms with E-state index in [1.54, 1.807) is 17.6 Å². The molecule has 1 aliphatic heterocycles. The minimum Gasteiger partial charge on any atom is -0.497 e. The van der Waals surface area contributed by atoms with E-state index in [0.29, 0.717) is 5.75 Å². The van der Waals surface area contributed by atoms with Gasteiger partial charge in [0.2, 0.25) is 10.0 Å². The van der Waals surface area contributed by atoms with Crippen LogP contribution in [0.5, 0.6) is 5.75 Å². The molecule has 134 valence electrons. The number of sulfonamides is 1. The smallest absolute Gasteiger partial charge is 0.262 e. The number of aryl methyl sites for hydroxylation is 1. The molecule has 0 bridgehead atoms. The van der Waals surface area contributed by atoms with Gasteiger partial charge in [0, 0.05) is 31.9 Å². The molecular weight excluding hydrogens is 346 g/mol. The number of aromatic nitrogens is 1. The van der Waals surface area contributed by atoms with Gasteiger partial charge in [-0.05, 0) is 35.9 Å². The fourth-order valence-electron chi connectivity index (χ4n) is 3.03. The normalized spacial score (nSPS) is 17.8. The Morgan fingerprint density at radius 2 is 1.96 bits per heavy atom. The number of benzene rings is 1. The van der Waals surface area contributed by atoms with Gasteiger partial charge in [-0.3, -0.25) is 10.0 Å². The number of carbonyl (C=O) groups is 1. The van der Waals surface area contributed by atoms with E-state index in [1.807, 2.05) is 23.9 Å². The van der Waals surface area contributed by atoms with Gasteiger partial charge < -0.3 is 9.30 Å². The van der Waals surface area contributed by atoms with Crippen molar-refractivity contribution in [3.8, 4) is 5.75 Å². The number of rotatable bonds is 4. The second kappa shape index (κ2) is 6.51. The van der Waals surface area contributed by atoms with Gasteiger partial charge in [0.15, 0.2) is 0 Å². The lowest BCUT2D eigenvalue weighted by atomic mass is 10.0. The molecule has 0 radical (unpaired) electrons. The molecule has 0 unspecified atom stereocenters. The average Bonchev–Trinajstić information content (AvgIpc) is 3.00. The highest BCUT2D eigenvalue weighted by molar-refractivity contribution is 7.89. The molecule has 0 saturated heterocycles. The zero-order valence-corrected chi connectivity index (χ0v) is 14.7. The van der Waals surface area contributed by atoms with Gasteiger partial charge in [-0.25, -0.2) is 13.9 Å². The average molecular weight is 365 g/mol. The second-order valence-electron chi connectivity index (χ2n) is 5.82. The highest BCUT2D eigenvalue weighted by Gasteiger charge is 2.40. The van der Waals surface area contributed by atoms with Crippen molar-refractivity contribution in [3.63, 3.8) is 0 Å². The van der Waals surface area contributed by atoms with Crippen LogP contribution in [0.1, 0.15) is 11.3 Å². The quantitative estimate of drug-likeness (QED) is 0.612. The van der Waals surface area contributed by atoms with Crippen LogP contribution < -0.4 is 10.2 Å². The first-order valence-electron chi connectivity index (χ1n) is 7.61. The van der Waals surface area contributed by atoms with Crippen LogP contribution in [-0.4, -0.2) is 41.6 Å². The maximum atomic E-state index is 13.1. The molecule has 3 rings (SSSR count). The Morgan fingerprint density at radius 1 is 1.28 bits per heavy atom. The number of hydroxylamine groups is 1. The molecule has 0 fully saturated rings. The Labute approximate surface area is 145 Å². The van der Waals surface area contributed by atoms with E-state index in [-0.39, 0.29) is 17.9 Å². The molecule has 0 aliphatic carbocycles. The van der Waals surface area contributed by atoms with Crippen LogP contribution in [0.2, 0.25) is 0 Å². The number of hydrogen-bond acceptors (Lipinski definition) is 5. The monoisotopic (exact) mass is 365 g/mol. The van der Waals surface area contributed by atoms with Crippen LogP contribution in [0, 0.1) is 0 Å². The van der Waals surface area contributed by atoms with Gasteiger partial charge in [0.1, 0.15) is 11.8 Å². The Morgan fingerprint density at radius 3 is 2.56 bits per heavy atom. The number of fused-ring (bicyclic) bond motifs is 1. The fraction of sp³-hybridized carbons (Fsp3) is 0.312. The Hall–Kier alpha value is -2.36. The van der Waals surface area contributed by atoms with E-state index in [9.17, 15) is 13.2 Å². The molecule has 2 aromatic rings. The van der Waals surface area contributed by atoms with Crippen LogP contribution in [0.4, 0.5) is 0 Å². The minimum atomic E-state index is -3.93. The second-order valence-corrected chi connectivity index (χ2v) is 7.71. The summed E-state index contributed by atoms with van der Waals surface area (Å²) in [5.74, 6) is -0.225. The summed E-state index contributed by atoms with van der Waals surface area (Å²) < 4.78 is 34.1. The van der Waals surface area contributed by atoms with Crippen molar-refractivity contribution >= 4 is 15.9 Å². The maximum absolute atomic E-state index is 13.1. The summed E-state index contributed by atoms with van der Waals surface area (Å²) in [5.41, 5.74) is 3.28. The van der Waals surface area contributed by atoms with Gasteiger partial charge in [-0.2, -0.15) is 4.31 Å². The summed E-state index contributed by atoms with van der Waals surface area (Å²) in [4.78, 5) is 12.2. The van der Waals surface area contributed by atoms with Crippen molar-refractivity contribution in [1.29, 1.82) is 0 Å². The molecule has 1 atom stereocenters. The lowest BCUT2D eigenvalue weighted by molar-refractivity contribution is -0.133. The zero-order chi connectivity index (χ0) is 18.2. The van der Waals surface area contributed by atoms with Crippen LogP contribution >= 0.6 is 0 Å². The summed E-state index contributed by atoms with van der Waals surface area (Å²) in [6, 6.07) is 6.76. The predicted octanol–water partition coefficient (Wildman–Crippen LogP) is 0.655. The fourth-order valence-corrected chi connectivity index (χ4v) is 4.60.